The number of amides is 2. The number of nitrogens with zero attached hydrogens (tertiary/aromatic N) is 1. The predicted octanol–water partition coefficient (Wildman–Crippen LogP) is 0.951. The first kappa shape index (κ1) is 17.9. The van der Waals surface area contributed by atoms with E-state index in [0.29, 0.717) is 29.5 Å². The van der Waals surface area contributed by atoms with Crippen LogP contribution in [0.3, 0.4) is 0 Å². The summed E-state index contributed by atoms with van der Waals surface area (Å²) in [5, 5.41) is 6.60. The molecule has 0 unspecified atom stereocenters. The number of rotatable bonds is 7. The molecule has 1 aromatic rings. The lowest BCUT2D eigenvalue weighted by Crippen LogP contribution is -2.39. The molecule has 0 saturated carbocycles. The van der Waals surface area contributed by atoms with Crippen LogP contribution in [0.1, 0.15) is 12.5 Å². The van der Waals surface area contributed by atoms with E-state index in [1.807, 2.05) is 6.92 Å². The maximum absolute atomic E-state index is 11.5. The number of carbonyl (C=O) groups excluding carboxylic acids is 2. The third-order valence-electron chi connectivity index (χ3n) is 2.44. The maximum atomic E-state index is 11.5. The maximum Gasteiger partial charge on any atom is 0.329 e. The minimum absolute atomic E-state index is 0.245. The summed E-state index contributed by atoms with van der Waals surface area (Å²) in [5.41, 5.74) is 2.72. The topological polar surface area (TPSA) is 89.0 Å². The largest absolute Gasteiger partial charge is 0.493 e. The molecule has 7 nitrogen and oxygen atoms in total. The number of benzene rings is 1. The number of hydrogen-bond acceptors (Lipinski definition) is 5. The minimum Gasteiger partial charge on any atom is -0.493 e. The summed E-state index contributed by atoms with van der Waals surface area (Å²) in [7, 11) is 1.50. The molecule has 0 aliphatic carbocycles. The molecule has 0 aliphatic heterocycles. The molecule has 0 fully saturated rings. The molecule has 0 aromatic heterocycles. The van der Waals surface area contributed by atoms with Crippen molar-refractivity contribution in [2.45, 2.75) is 6.92 Å². The molecule has 1 rings (SSSR count). The Morgan fingerprint density at radius 2 is 2.14 bits per heavy atom. The van der Waals surface area contributed by atoms with Gasteiger partial charge in [-0.3, -0.25) is 9.59 Å². The van der Waals surface area contributed by atoms with E-state index >= 15 is 0 Å². The molecule has 120 valence electrons. The van der Waals surface area contributed by atoms with E-state index in [9.17, 15) is 9.59 Å². The minimum atomic E-state index is -0.868. The molecule has 0 radical (unpaired) electrons. The number of ether oxygens (including phenoxy) is 2. The SMILES string of the molecule is CCOc1ccc(Cl)cc1/C=N\NC(=O)C(=O)NCCOC. The lowest BCUT2D eigenvalue weighted by molar-refractivity contribution is -0.139. The number of nitrogens with one attached hydrogen (secondary N) is 2. The molecular formula is C14H18ClN3O4. The van der Waals surface area contributed by atoms with E-state index in [0.717, 1.165) is 0 Å². The Bertz CT molecular complexity index is 549. The molecule has 22 heavy (non-hydrogen) atoms. The Morgan fingerprint density at radius 3 is 2.82 bits per heavy atom. The van der Waals surface area contributed by atoms with Gasteiger partial charge in [-0.1, -0.05) is 11.6 Å². The summed E-state index contributed by atoms with van der Waals surface area (Å²) in [5.74, 6) is -1.08. The zero-order chi connectivity index (χ0) is 16.4. The van der Waals surface area contributed by atoms with Crippen molar-refractivity contribution in [1.82, 2.24) is 10.7 Å². The highest BCUT2D eigenvalue weighted by molar-refractivity contribution is 6.35. The number of hydrazone groups is 1. The summed E-state index contributed by atoms with van der Waals surface area (Å²) in [6, 6.07) is 5.03. The Hall–Kier alpha value is -2.12. The molecular weight excluding hydrogens is 310 g/mol. The van der Waals surface area contributed by atoms with Gasteiger partial charge >= 0.3 is 11.8 Å². The molecule has 2 N–H and O–H groups in total. The monoisotopic (exact) mass is 327 g/mol. The second-order valence-corrected chi connectivity index (χ2v) is 4.50. The van der Waals surface area contributed by atoms with Crippen LogP contribution in [0.15, 0.2) is 23.3 Å². The number of carbonyl (C=O) groups is 2. The van der Waals surface area contributed by atoms with Crippen molar-refractivity contribution >= 4 is 29.6 Å². The van der Waals surface area contributed by atoms with Gasteiger partial charge in [-0.25, -0.2) is 5.43 Å². The highest BCUT2D eigenvalue weighted by atomic mass is 35.5. The van der Waals surface area contributed by atoms with Crippen molar-refractivity contribution in [3.63, 3.8) is 0 Å². The van der Waals surface area contributed by atoms with E-state index < -0.39 is 11.8 Å². The second kappa shape index (κ2) is 9.75. The van der Waals surface area contributed by atoms with E-state index in [2.05, 4.69) is 15.8 Å². The molecule has 0 aliphatic rings. The van der Waals surface area contributed by atoms with Crippen LogP contribution in [-0.4, -0.2) is 44.9 Å². The van der Waals surface area contributed by atoms with Gasteiger partial charge in [0.05, 0.1) is 19.4 Å². The standard InChI is InChI=1S/C14H18ClN3O4/c1-3-22-12-5-4-11(15)8-10(12)9-17-18-14(20)13(19)16-6-7-21-2/h4-5,8-9H,3,6-7H2,1-2H3,(H,16,19)(H,18,20)/b17-9-. The number of methoxy groups -OCH3 is 1. The fraction of sp³-hybridized carbons (Fsp3) is 0.357. The van der Waals surface area contributed by atoms with Crippen LogP contribution >= 0.6 is 11.6 Å². The zero-order valence-electron chi connectivity index (χ0n) is 12.4. The van der Waals surface area contributed by atoms with Gasteiger partial charge in [0.25, 0.3) is 0 Å². The van der Waals surface area contributed by atoms with Gasteiger partial charge in [-0.05, 0) is 25.1 Å². The molecule has 2 amide bonds. The van der Waals surface area contributed by atoms with Crippen LogP contribution in [0, 0.1) is 0 Å². The fourth-order valence-electron chi connectivity index (χ4n) is 1.47. The number of hydrogen-bond donors (Lipinski definition) is 2. The van der Waals surface area contributed by atoms with Crippen molar-refractivity contribution in [3.8, 4) is 5.75 Å². The molecule has 8 heteroatoms. The summed E-state index contributed by atoms with van der Waals surface area (Å²) in [6.45, 7) is 2.90. The molecule has 0 heterocycles. The van der Waals surface area contributed by atoms with E-state index in [1.54, 1.807) is 18.2 Å². The van der Waals surface area contributed by atoms with Gasteiger partial charge in [0.15, 0.2) is 0 Å². The second-order valence-electron chi connectivity index (χ2n) is 4.06. The molecule has 0 saturated heterocycles. The average molecular weight is 328 g/mol. The van der Waals surface area contributed by atoms with Gasteiger partial charge in [0.1, 0.15) is 5.75 Å². The lowest BCUT2D eigenvalue weighted by atomic mass is 10.2. The van der Waals surface area contributed by atoms with Crippen LogP contribution in [-0.2, 0) is 14.3 Å². The van der Waals surface area contributed by atoms with E-state index in [-0.39, 0.29) is 6.54 Å². The quantitative estimate of drug-likeness (QED) is 0.338. The van der Waals surface area contributed by atoms with Crippen molar-refractivity contribution < 1.29 is 19.1 Å². The highest BCUT2D eigenvalue weighted by Gasteiger charge is 2.11. The lowest BCUT2D eigenvalue weighted by Gasteiger charge is -2.07. The number of halogens is 1. The van der Waals surface area contributed by atoms with Gasteiger partial charge < -0.3 is 14.8 Å². The van der Waals surface area contributed by atoms with Crippen LogP contribution in [0.5, 0.6) is 5.75 Å². The molecule has 0 bridgehead atoms. The molecule has 1 aromatic carbocycles. The first-order valence-electron chi connectivity index (χ1n) is 6.61. The van der Waals surface area contributed by atoms with Crippen molar-refractivity contribution in [3.05, 3.63) is 28.8 Å². The Morgan fingerprint density at radius 1 is 1.36 bits per heavy atom. The highest BCUT2D eigenvalue weighted by Crippen LogP contribution is 2.21. The third kappa shape index (κ3) is 6.11. The van der Waals surface area contributed by atoms with Gasteiger partial charge in [0.2, 0.25) is 0 Å². The predicted molar refractivity (Wildman–Crippen MR) is 83.2 cm³/mol. The Kier molecular flexibility index (Phi) is 7.95. The zero-order valence-corrected chi connectivity index (χ0v) is 13.1. The summed E-state index contributed by atoms with van der Waals surface area (Å²) >= 11 is 5.90. The first-order chi connectivity index (χ1) is 10.6. The van der Waals surface area contributed by atoms with Gasteiger partial charge in [-0.2, -0.15) is 5.10 Å². The molecule has 0 spiro atoms. The van der Waals surface area contributed by atoms with Gasteiger partial charge in [0, 0.05) is 24.2 Å². The first-order valence-corrected chi connectivity index (χ1v) is 6.98. The van der Waals surface area contributed by atoms with Crippen molar-refractivity contribution in [1.29, 1.82) is 0 Å². The van der Waals surface area contributed by atoms with Crippen LogP contribution in [0.4, 0.5) is 0 Å². The third-order valence-corrected chi connectivity index (χ3v) is 2.67. The van der Waals surface area contributed by atoms with Crippen LogP contribution in [0.25, 0.3) is 0 Å². The fourth-order valence-corrected chi connectivity index (χ4v) is 1.65. The summed E-state index contributed by atoms with van der Waals surface area (Å²) < 4.78 is 10.2. The smallest absolute Gasteiger partial charge is 0.329 e. The summed E-state index contributed by atoms with van der Waals surface area (Å²) in [6.07, 6.45) is 1.36. The normalized spacial score (nSPS) is 10.5. The Labute approximate surface area is 133 Å². The Balaban J connectivity index is 2.59. The van der Waals surface area contributed by atoms with Crippen molar-refractivity contribution in [2.75, 3.05) is 26.9 Å². The van der Waals surface area contributed by atoms with Gasteiger partial charge in [-0.15, -0.1) is 0 Å². The average Bonchev–Trinajstić information content (AvgIpc) is 2.50. The van der Waals surface area contributed by atoms with Crippen LogP contribution in [0.2, 0.25) is 5.02 Å². The van der Waals surface area contributed by atoms with E-state index in [4.69, 9.17) is 21.1 Å². The van der Waals surface area contributed by atoms with E-state index in [1.165, 1.54) is 13.3 Å². The molecule has 0 atom stereocenters. The summed E-state index contributed by atoms with van der Waals surface area (Å²) in [4.78, 5) is 22.9. The van der Waals surface area contributed by atoms with Crippen molar-refractivity contribution in [2.24, 2.45) is 5.10 Å². The van der Waals surface area contributed by atoms with Crippen LogP contribution < -0.4 is 15.5 Å².